The molecule has 0 spiro atoms. The quantitative estimate of drug-likeness (QED) is 0.420. The fourth-order valence-corrected chi connectivity index (χ4v) is 3.93. The zero-order chi connectivity index (χ0) is 23.8. The van der Waals surface area contributed by atoms with E-state index in [-0.39, 0.29) is 0 Å². The van der Waals surface area contributed by atoms with E-state index in [9.17, 15) is 4.79 Å². The van der Waals surface area contributed by atoms with Crippen LogP contribution >= 0.6 is 0 Å². The lowest BCUT2D eigenvalue weighted by Gasteiger charge is -2.29. The van der Waals surface area contributed by atoms with Crippen molar-refractivity contribution in [2.45, 2.75) is 6.92 Å². The van der Waals surface area contributed by atoms with Gasteiger partial charge in [-0.25, -0.2) is 0 Å². The van der Waals surface area contributed by atoms with E-state index in [0.29, 0.717) is 37.1 Å². The summed E-state index contributed by atoms with van der Waals surface area (Å²) in [7, 11) is 0. The standard InChI is InChI=1S/C24H32N6O4/c1-18-12-19(14-20(13-18)24(25)31)17-26-28-22-15-21(30-5-9-33-10-6-30)16-23(27-22)34-11-4-29-2-7-32-8-3-29/h12-17H,2-11H2,1H3,(H2,25,31)(H,27,28). The summed E-state index contributed by atoms with van der Waals surface area (Å²) >= 11 is 0. The van der Waals surface area contributed by atoms with Gasteiger partial charge in [-0.1, -0.05) is 6.07 Å². The Morgan fingerprint density at radius 3 is 2.59 bits per heavy atom. The van der Waals surface area contributed by atoms with E-state index in [1.165, 1.54) is 0 Å². The highest BCUT2D eigenvalue weighted by Crippen LogP contribution is 2.25. The van der Waals surface area contributed by atoms with Gasteiger partial charge in [0, 0.05) is 56.1 Å². The number of rotatable bonds is 9. The average Bonchev–Trinajstić information content (AvgIpc) is 2.85. The lowest BCUT2D eigenvalue weighted by Crippen LogP contribution is -2.38. The monoisotopic (exact) mass is 468 g/mol. The van der Waals surface area contributed by atoms with Crippen LogP contribution in [0, 0.1) is 6.92 Å². The summed E-state index contributed by atoms with van der Waals surface area (Å²) in [5.41, 5.74) is 11.6. The third kappa shape index (κ3) is 6.89. The second kappa shape index (κ2) is 11.8. The Morgan fingerprint density at radius 1 is 1.12 bits per heavy atom. The molecule has 2 aliphatic heterocycles. The number of benzene rings is 1. The molecule has 2 aliphatic rings. The van der Waals surface area contributed by atoms with Gasteiger partial charge in [-0.2, -0.15) is 10.1 Å². The molecule has 0 saturated carbocycles. The summed E-state index contributed by atoms with van der Waals surface area (Å²) in [5, 5.41) is 4.32. The molecule has 34 heavy (non-hydrogen) atoms. The third-order valence-corrected chi connectivity index (χ3v) is 5.70. The molecule has 1 amide bonds. The topological polar surface area (TPSA) is 115 Å². The van der Waals surface area contributed by atoms with Crippen LogP contribution in [0.25, 0.3) is 0 Å². The normalized spacial score (nSPS) is 17.1. The average molecular weight is 469 g/mol. The fourth-order valence-electron chi connectivity index (χ4n) is 3.93. The van der Waals surface area contributed by atoms with E-state index in [4.69, 9.17) is 19.9 Å². The van der Waals surface area contributed by atoms with E-state index in [0.717, 1.165) is 62.8 Å². The summed E-state index contributed by atoms with van der Waals surface area (Å²) in [6.07, 6.45) is 1.64. The highest BCUT2D eigenvalue weighted by atomic mass is 16.5. The Bertz CT molecular complexity index is 1000. The number of carbonyl (C=O) groups excluding carboxylic acids is 1. The predicted octanol–water partition coefficient (Wildman–Crippen LogP) is 1.48. The van der Waals surface area contributed by atoms with Crippen molar-refractivity contribution in [3.63, 3.8) is 0 Å². The van der Waals surface area contributed by atoms with Crippen molar-refractivity contribution < 1.29 is 19.0 Å². The van der Waals surface area contributed by atoms with Crippen LogP contribution in [0.2, 0.25) is 0 Å². The van der Waals surface area contributed by atoms with Crippen molar-refractivity contribution in [2.24, 2.45) is 10.8 Å². The van der Waals surface area contributed by atoms with Crippen LogP contribution in [0.5, 0.6) is 5.88 Å². The van der Waals surface area contributed by atoms with Gasteiger partial charge in [-0.3, -0.25) is 15.1 Å². The molecule has 1 aromatic carbocycles. The van der Waals surface area contributed by atoms with Crippen molar-refractivity contribution in [3.05, 3.63) is 47.0 Å². The molecule has 0 unspecified atom stereocenters. The van der Waals surface area contributed by atoms with Gasteiger partial charge < -0.3 is 24.8 Å². The highest BCUT2D eigenvalue weighted by molar-refractivity contribution is 5.95. The van der Waals surface area contributed by atoms with Crippen molar-refractivity contribution in [1.82, 2.24) is 9.88 Å². The van der Waals surface area contributed by atoms with Crippen molar-refractivity contribution in [2.75, 3.05) is 76.1 Å². The third-order valence-electron chi connectivity index (χ3n) is 5.70. The van der Waals surface area contributed by atoms with Crippen LogP contribution in [0.15, 0.2) is 35.4 Å². The summed E-state index contributed by atoms with van der Waals surface area (Å²) < 4.78 is 16.9. The molecule has 0 atom stereocenters. The molecule has 2 saturated heterocycles. The Morgan fingerprint density at radius 2 is 1.85 bits per heavy atom. The van der Waals surface area contributed by atoms with Crippen molar-refractivity contribution >= 4 is 23.6 Å². The van der Waals surface area contributed by atoms with Gasteiger partial charge in [0.05, 0.1) is 32.6 Å². The van der Waals surface area contributed by atoms with Gasteiger partial charge in [0.1, 0.15) is 6.61 Å². The van der Waals surface area contributed by atoms with Gasteiger partial charge in [0.15, 0.2) is 5.82 Å². The number of aromatic nitrogens is 1. The minimum absolute atomic E-state index is 0.449. The second-order valence-corrected chi connectivity index (χ2v) is 8.32. The Labute approximate surface area is 199 Å². The maximum Gasteiger partial charge on any atom is 0.248 e. The van der Waals surface area contributed by atoms with Crippen molar-refractivity contribution in [3.8, 4) is 5.88 Å². The number of hydrogen-bond donors (Lipinski definition) is 2. The summed E-state index contributed by atoms with van der Waals surface area (Å²) in [6, 6.07) is 9.29. The second-order valence-electron chi connectivity index (χ2n) is 8.32. The summed E-state index contributed by atoms with van der Waals surface area (Å²) in [6.45, 7) is 9.62. The molecule has 0 aliphatic carbocycles. The van der Waals surface area contributed by atoms with E-state index in [1.54, 1.807) is 18.3 Å². The minimum Gasteiger partial charge on any atom is -0.476 e. The molecule has 10 nitrogen and oxygen atoms in total. The molecule has 182 valence electrons. The van der Waals surface area contributed by atoms with Crippen LogP contribution in [0.1, 0.15) is 21.5 Å². The summed E-state index contributed by atoms with van der Waals surface area (Å²) in [4.78, 5) is 20.7. The molecule has 4 rings (SSSR count). The first-order valence-corrected chi connectivity index (χ1v) is 11.5. The van der Waals surface area contributed by atoms with Crippen molar-refractivity contribution in [1.29, 1.82) is 0 Å². The number of nitrogens with zero attached hydrogens (tertiary/aromatic N) is 4. The maximum absolute atomic E-state index is 11.5. The first kappa shape index (κ1) is 23.9. The highest BCUT2D eigenvalue weighted by Gasteiger charge is 2.15. The van der Waals surface area contributed by atoms with Crippen LogP contribution in [0.3, 0.4) is 0 Å². The van der Waals surface area contributed by atoms with E-state index in [2.05, 4.69) is 25.3 Å². The smallest absolute Gasteiger partial charge is 0.248 e. The molecular formula is C24H32N6O4. The van der Waals surface area contributed by atoms with E-state index in [1.807, 2.05) is 25.1 Å². The van der Waals surface area contributed by atoms with Gasteiger partial charge >= 0.3 is 0 Å². The number of primary amides is 1. The molecular weight excluding hydrogens is 436 g/mol. The molecule has 2 fully saturated rings. The minimum atomic E-state index is -0.468. The molecule has 3 heterocycles. The van der Waals surface area contributed by atoms with E-state index < -0.39 is 5.91 Å². The lowest BCUT2D eigenvalue weighted by atomic mass is 10.1. The molecule has 10 heteroatoms. The van der Waals surface area contributed by atoms with Gasteiger partial charge in [-0.15, -0.1) is 0 Å². The van der Waals surface area contributed by atoms with E-state index >= 15 is 0 Å². The first-order valence-electron chi connectivity index (χ1n) is 11.5. The largest absolute Gasteiger partial charge is 0.476 e. The lowest BCUT2D eigenvalue weighted by molar-refractivity contribution is 0.0320. The number of nitrogens with two attached hydrogens (primary N) is 1. The summed E-state index contributed by atoms with van der Waals surface area (Å²) in [5.74, 6) is 0.649. The molecule has 1 aromatic heterocycles. The number of anilines is 2. The Hall–Kier alpha value is -3.21. The maximum atomic E-state index is 11.5. The number of carbonyl (C=O) groups is 1. The number of pyridine rings is 1. The van der Waals surface area contributed by atoms with Crippen LogP contribution in [0.4, 0.5) is 11.5 Å². The molecule has 0 radical (unpaired) electrons. The zero-order valence-corrected chi connectivity index (χ0v) is 19.5. The number of hydrazone groups is 1. The molecule has 0 bridgehead atoms. The molecule has 2 aromatic rings. The van der Waals surface area contributed by atoms with Crippen LogP contribution in [-0.2, 0) is 9.47 Å². The van der Waals surface area contributed by atoms with Gasteiger partial charge in [-0.05, 0) is 30.2 Å². The number of morpholine rings is 2. The van der Waals surface area contributed by atoms with Crippen LogP contribution < -0.4 is 20.8 Å². The first-order chi connectivity index (χ1) is 16.6. The number of hydrogen-bond acceptors (Lipinski definition) is 9. The fraction of sp³-hybridized carbons (Fsp3) is 0.458. The predicted molar refractivity (Wildman–Crippen MR) is 131 cm³/mol. The molecule has 3 N–H and O–H groups in total. The zero-order valence-electron chi connectivity index (χ0n) is 19.5. The van der Waals surface area contributed by atoms with Crippen LogP contribution in [-0.4, -0.2) is 87.8 Å². The number of ether oxygens (including phenoxy) is 3. The van der Waals surface area contributed by atoms with Gasteiger partial charge in [0.25, 0.3) is 0 Å². The Balaban J connectivity index is 1.45. The SMILES string of the molecule is Cc1cc(C=NNc2cc(N3CCOCC3)cc(OCCN3CCOCC3)n2)cc(C(N)=O)c1. The number of amides is 1. The van der Waals surface area contributed by atoms with Gasteiger partial charge in [0.2, 0.25) is 11.8 Å². The number of nitrogens with one attached hydrogen (secondary N) is 1. The number of aryl methyl sites for hydroxylation is 1. The Kier molecular flexibility index (Phi) is 8.29.